The van der Waals surface area contributed by atoms with Gasteiger partial charge in [0.15, 0.2) is 18.8 Å². The van der Waals surface area contributed by atoms with Crippen LogP contribution >= 0.6 is 0 Å². The molecule has 13 heteroatoms. The van der Waals surface area contributed by atoms with Crippen molar-refractivity contribution in [1.82, 2.24) is 0 Å². The fraction of sp³-hybridized carbons (Fsp3) is 0.462. The van der Waals surface area contributed by atoms with Crippen molar-refractivity contribution in [3.05, 3.63) is 52.1 Å². The van der Waals surface area contributed by atoms with Gasteiger partial charge in [-0.15, -0.1) is 10.1 Å². The van der Waals surface area contributed by atoms with Crippen molar-refractivity contribution >= 4 is 34.6 Å². The zero-order valence-corrected chi connectivity index (χ0v) is 22.1. The maximum Gasteiger partial charge on any atom is 0.347 e. The predicted octanol–water partition coefficient (Wildman–Crippen LogP) is 2.89. The quantitative estimate of drug-likeness (QED) is 0.105. The van der Waals surface area contributed by atoms with Crippen molar-refractivity contribution in [3.63, 3.8) is 0 Å². The van der Waals surface area contributed by atoms with E-state index in [1.165, 1.54) is 13.8 Å². The minimum absolute atomic E-state index is 0.0515. The Labute approximate surface area is 224 Å². The van der Waals surface area contributed by atoms with Crippen LogP contribution in [-0.2, 0) is 43.0 Å². The third-order valence-corrected chi connectivity index (χ3v) is 5.50. The van der Waals surface area contributed by atoms with E-state index in [4.69, 9.17) is 23.7 Å². The highest BCUT2D eigenvalue weighted by molar-refractivity contribution is 5.88. The third-order valence-electron chi connectivity index (χ3n) is 5.50. The molecule has 2 rings (SSSR count). The first kappa shape index (κ1) is 30.8. The zero-order chi connectivity index (χ0) is 28.9. The number of nitrogens with zero attached hydrogens (tertiary/aromatic N) is 1. The first-order chi connectivity index (χ1) is 18.5. The van der Waals surface area contributed by atoms with Crippen molar-refractivity contribution in [2.75, 3.05) is 26.9 Å². The molecule has 0 aliphatic heterocycles. The van der Waals surface area contributed by atoms with Gasteiger partial charge in [0.2, 0.25) is 0 Å². The summed E-state index contributed by atoms with van der Waals surface area (Å²) in [7, 11) is 1.58. The molecule has 0 aliphatic rings. The Morgan fingerprint density at radius 2 is 1.46 bits per heavy atom. The van der Waals surface area contributed by atoms with Crippen LogP contribution in [0.15, 0.2) is 36.4 Å². The molecule has 3 atom stereocenters. The Morgan fingerprint density at radius 3 is 2.15 bits per heavy atom. The van der Waals surface area contributed by atoms with Gasteiger partial charge in [-0.1, -0.05) is 24.3 Å². The van der Waals surface area contributed by atoms with E-state index in [2.05, 4.69) is 4.84 Å². The standard InChI is InChI=1S/C26H31NO12/c1-16(19-7-8-21-14-22(34-4)10-9-20(21)13-19)24(29)36-15-23(28)38-18(3)26(31)39-17(2)25(30)35-11-5-6-12-37-27(32)33/h7-10,13-14,16-18H,5-6,11-12,15H2,1-4H3. The molecule has 0 fully saturated rings. The van der Waals surface area contributed by atoms with Crippen molar-refractivity contribution in [1.29, 1.82) is 0 Å². The van der Waals surface area contributed by atoms with Crippen LogP contribution in [0.4, 0.5) is 0 Å². The van der Waals surface area contributed by atoms with Gasteiger partial charge in [-0.2, -0.15) is 0 Å². The highest BCUT2D eigenvalue weighted by Crippen LogP contribution is 2.25. The minimum atomic E-state index is -1.37. The van der Waals surface area contributed by atoms with Crippen LogP contribution in [0, 0.1) is 10.1 Å². The summed E-state index contributed by atoms with van der Waals surface area (Å²) in [6.07, 6.45) is -2.06. The first-order valence-corrected chi connectivity index (χ1v) is 12.1. The summed E-state index contributed by atoms with van der Waals surface area (Å²) in [5.41, 5.74) is 0.689. The van der Waals surface area contributed by atoms with E-state index in [0.29, 0.717) is 17.7 Å². The average molecular weight is 550 g/mol. The van der Waals surface area contributed by atoms with Gasteiger partial charge in [-0.05, 0) is 62.1 Å². The molecule has 0 saturated carbocycles. The number of benzene rings is 2. The third kappa shape index (κ3) is 10.1. The molecule has 0 bridgehead atoms. The number of esters is 4. The molecular formula is C26H31NO12. The SMILES string of the molecule is COc1ccc2cc(C(C)C(=O)OCC(=O)OC(C)C(=O)OC(C)C(=O)OCCCCO[N+](=O)[O-])ccc2c1. The number of hydrogen-bond donors (Lipinski definition) is 0. The van der Waals surface area contributed by atoms with Crippen LogP contribution in [0.3, 0.4) is 0 Å². The lowest BCUT2D eigenvalue weighted by atomic mass is 9.98. The van der Waals surface area contributed by atoms with E-state index >= 15 is 0 Å². The normalized spacial score (nSPS) is 12.9. The van der Waals surface area contributed by atoms with Crippen LogP contribution in [0.2, 0.25) is 0 Å². The van der Waals surface area contributed by atoms with E-state index < -0.39 is 53.7 Å². The van der Waals surface area contributed by atoms with Crippen molar-refractivity contribution in [3.8, 4) is 5.75 Å². The second-order valence-electron chi connectivity index (χ2n) is 8.44. The summed E-state index contributed by atoms with van der Waals surface area (Å²) in [6, 6.07) is 11.0. The summed E-state index contributed by atoms with van der Waals surface area (Å²) in [5.74, 6) is -3.43. The van der Waals surface area contributed by atoms with Crippen LogP contribution in [0.1, 0.15) is 45.1 Å². The van der Waals surface area contributed by atoms with Gasteiger partial charge in [0.25, 0.3) is 5.09 Å². The maximum atomic E-state index is 12.5. The van der Waals surface area contributed by atoms with E-state index in [1.807, 2.05) is 30.3 Å². The molecule has 212 valence electrons. The topological polar surface area (TPSA) is 167 Å². The highest BCUT2D eigenvalue weighted by Gasteiger charge is 2.26. The van der Waals surface area contributed by atoms with Gasteiger partial charge in [0, 0.05) is 0 Å². The molecule has 0 amide bonds. The summed E-state index contributed by atoms with van der Waals surface area (Å²) >= 11 is 0. The molecule has 3 unspecified atom stereocenters. The molecule has 0 spiro atoms. The number of fused-ring (bicyclic) bond motifs is 1. The zero-order valence-electron chi connectivity index (χ0n) is 22.1. The Kier molecular flexibility index (Phi) is 11.9. The Bertz CT molecular complexity index is 1180. The molecule has 39 heavy (non-hydrogen) atoms. The van der Waals surface area contributed by atoms with Gasteiger partial charge < -0.3 is 28.5 Å². The lowest BCUT2D eigenvalue weighted by Crippen LogP contribution is -2.34. The van der Waals surface area contributed by atoms with Crippen LogP contribution in [-0.4, -0.2) is 68.1 Å². The Balaban J connectivity index is 1.73. The first-order valence-electron chi connectivity index (χ1n) is 12.1. The molecule has 0 radical (unpaired) electrons. The van der Waals surface area contributed by atoms with Crippen molar-refractivity contribution in [2.24, 2.45) is 0 Å². The number of methoxy groups -OCH3 is 1. The van der Waals surface area contributed by atoms with Gasteiger partial charge in [0.1, 0.15) is 5.75 Å². The van der Waals surface area contributed by atoms with Gasteiger partial charge in [0.05, 0.1) is 26.2 Å². The molecular weight excluding hydrogens is 518 g/mol. The number of unbranched alkanes of at least 4 members (excludes halogenated alkanes) is 1. The van der Waals surface area contributed by atoms with Gasteiger partial charge in [-0.25, -0.2) is 14.4 Å². The maximum absolute atomic E-state index is 12.5. The van der Waals surface area contributed by atoms with E-state index in [0.717, 1.165) is 10.8 Å². The molecule has 2 aromatic carbocycles. The Hall–Kier alpha value is -4.42. The average Bonchev–Trinajstić information content (AvgIpc) is 2.91. The smallest absolute Gasteiger partial charge is 0.347 e. The molecule has 0 saturated heterocycles. The number of carbonyl (C=O) groups excluding carboxylic acids is 4. The largest absolute Gasteiger partial charge is 0.497 e. The molecule has 13 nitrogen and oxygen atoms in total. The van der Waals surface area contributed by atoms with Gasteiger partial charge >= 0.3 is 23.9 Å². The highest BCUT2D eigenvalue weighted by atomic mass is 16.9. The molecule has 0 aromatic heterocycles. The molecule has 0 aliphatic carbocycles. The van der Waals surface area contributed by atoms with Crippen LogP contribution in [0.25, 0.3) is 10.8 Å². The van der Waals surface area contributed by atoms with Gasteiger partial charge in [-0.3, -0.25) is 4.79 Å². The second-order valence-corrected chi connectivity index (χ2v) is 8.44. The summed E-state index contributed by atoms with van der Waals surface area (Å²) in [5, 5.41) is 11.0. The summed E-state index contributed by atoms with van der Waals surface area (Å²) in [6.45, 7) is 3.25. The number of rotatable bonds is 15. The lowest BCUT2D eigenvalue weighted by molar-refractivity contribution is -0.757. The van der Waals surface area contributed by atoms with Crippen LogP contribution < -0.4 is 4.74 Å². The van der Waals surface area contributed by atoms with Crippen molar-refractivity contribution in [2.45, 2.75) is 51.7 Å². The Morgan fingerprint density at radius 1 is 0.821 bits per heavy atom. The predicted molar refractivity (Wildman–Crippen MR) is 134 cm³/mol. The van der Waals surface area contributed by atoms with E-state index in [-0.39, 0.29) is 19.6 Å². The lowest BCUT2D eigenvalue weighted by Gasteiger charge is -2.17. The second kappa shape index (κ2) is 15.1. The monoisotopic (exact) mass is 549 g/mol. The number of carbonyl (C=O) groups is 4. The van der Waals surface area contributed by atoms with Crippen LogP contribution in [0.5, 0.6) is 5.75 Å². The fourth-order valence-corrected chi connectivity index (χ4v) is 3.26. The van der Waals surface area contributed by atoms with E-state index in [9.17, 15) is 29.3 Å². The molecule has 0 heterocycles. The van der Waals surface area contributed by atoms with Crippen molar-refractivity contribution < 1.29 is 52.8 Å². The number of ether oxygens (including phenoxy) is 5. The number of hydrogen-bond acceptors (Lipinski definition) is 12. The molecule has 0 N–H and O–H groups in total. The molecule has 2 aromatic rings. The summed E-state index contributed by atoms with van der Waals surface area (Å²) in [4.78, 5) is 62.8. The fourth-order valence-electron chi connectivity index (χ4n) is 3.26. The van der Waals surface area contributed by atoms with E-state index in [1.54, 1.807) is 20.1 Å². The summed E-state index contributed by atoms with van der Waals surface area (Å²) < 4.78 is 25.0. The minimum Gasteiger partial charge on any atom is -0.497 e.